The highest BCUT2D eigenvalue weighted by molar-refractivity contribution is 7.20. The molecule has 0 fully saturated rings. The van der Waals surface area contributed by atoms with E-state index in [1.807, 2.05) is 13.0 Å². The van der Waals surface area contributed by atoms with E-state index in [2.05, 4.69) is 34.2 Å². The lowest BCUT2D eigenvalue weighted by atomic mass is 10.2. The number of aryl methyl sites for hydroxylation is 1. The monoisotopic (exact) mass is 393 g/mol. The highest BCUT2D eigenvalue weighted by Crippen LogP contribution is 2.24. The molecular formula is C17H20ClN5O2S. The molecule has 7 nitrogen and oxygen atoms in total. The minimum absolute atomic E-state index is 0.174. The Morgan fingerprint density at radius 2 is 2.19 bits per heavy atom. The van der Waals surface area contributed by atoms with E-state index in [9.17, 15) is 4.79 Å². The van der Waals surface area contributed by atoms with Gasteiger partial charge in [-0.25, -0.2) is 9.97 Å². The van der Waals surface area contributed by atoms with Crippen LogP contribution < -0.4 is 15.6 Å². The molecule has 0 aromatic carbocycles. The fourth-order valence-electron chi connectivity index (χ4n) is 2.20. The third-order valence-corrected chi connectivity index (χ3v) is 4.66. The summed E-state index contributed by atoms with van der Waals surface area (Å²) in [5, 5.41) is 8.53. The summed E-state index contributed by atoms with van der Waals surface area (Å²) < 4.78 is 6.88. The van der Waals surface area contributed by atoms with Gasteiger partial charge in [-0.2, -0.15) is 4.52 Å². The fourth-order valence-corrected chi connectivity index (χ4v) is 3.26. The van der Waals surface area contributed by atoms with E-state index in [1.54, 1.807) is 6.20 Å². The minimum Gasteiger partial charge on any atom is -0.476 e. The van der Waals surface area contributed by atoms with Crippen LogP contribution in [0.4, 0.5) is 5.13 Å². The Bertz CT molecular complexity index is 969. The van der Waals surface area contributed by atoms with Gasteiger partial charge in [-0.15, -0.1) is 5.10 Å². The summed E-state index contributed by atoms with van der Waals surface area (Å²) in [5.74, 6) is 0.838. The molecule has 0 atom stereocenters. The second-order valence-electron chi connectivity index (χ2n) is 6.23. The van der Waals surface area contributed by atoms with Crippen molar-refractivity contribution in [2.45, 2.75) is 33.7 Å². The first-order chi connectivity index (χ1) is 12.5. The molecule has 9 heteroatoms. The minimum atomic E-state index is -0.174. The Balaban J connectivity index is 1.71. The molecular weight excluding hydrogens is 374 g/mol. The van der Waals surface area contributed by atoms with Gasteiger partial charge in [0, 0.05) is 24.5 Å². The fraction of sp³-hybridized carbons (Fsp3) is 0.412. The Morgan fingerprint density at radius 3 is 2.88 bits per heavy atom. The van der Waals surface area contributed by atoms with E-state index < -0.39 is 0 Å². The van der Waals surface area contributed by atoms with E-state index in [4.69, 9.17) is 16.3 Å². The molecule has 26 heavy (non-hydrogen) atoms. The lowest BCUT2D eigenvalue weighted by Crippen LogP contribution is -2.15. The van der Waals surface area contributed by atoms with Crippen LogP contribution >= 0.6 is 22.9 Å². The molecule has 138 valence electrons. The highest BCUT2D eigenvalue weighted by Gasteiger charge is 2.10. The van der Waals surface area contributed by atoms with Gasteiger partial charge in [0.05, 0.1) is 6.61 Å². The van der Waals surface area contributed by atoms with Crippen molar-refractivity contribution in [1.29, 1.82) is 0 Å². The standard InChI is InChI=1S/C17H20ClN5O2S/c1-4-12-6-14(24)23-17(21-12)26-16(22-23)20-8-11-5-13(18)15(19-7-11)25-9-10(2)3/h5-7,10H,4,8-9H2,1-3H3,(H,20,22). The number of pyridine rings is 1. The number of aromatic nitrogens is 4. The lowest BCUT2D eigenvalue weighted by Gasteiger charge is -2.10. The normalized spacial score (nSPS) is 11.3. The van der Waals surface area contributed by atoms with Gasteiger partial charge in [0.1, 0.15) is 5.02 Å². The number of anilines is 1. The average molecular weight is 394 g/mol. The Labute approximate surface area is 160 Å². The number of nitrogens with one attached hydrogen (secondary N) is 1. The van der Waals surface area contributed by atoms with Crippen LogP contribution in [-0.2, 0) is 13.0 Å². The molecule has 0 aliphatic carbocycles. The summed E-state index contributed by atoms with van der Waals surface area (Å²) in [5.41, 5.74) is 1.48. The SMILES string of the molecule is CCc1cc(=O)n2nc(NCc3cnc(OCC(C)C)c(Cl)c3)sc2n1. The molecule has 0 unspecified atom stereocenters. The molecule has 3 heterocycles. The van der Waals surface area contributed by atoms with Gasteiger partial charge in [-0.05, 0) is 24.0 Å². The van der Waals surface area contributed by atoms with Crippen LogP contribution in [-0.4, -0.2) is 26.2 Å². The van der Waals surface area contributed by atoms with Crippen molar-refractivity contribution in [1.82, 2.24) is 19.6 Å². The van der Waals surface area contributed by atoms with Crippen molar-refractivity contribution in [2.24, 2.45) is 5.92 Å². The summed E-state index contributed by atoms with van der Waals surface area (Å²) >= 11 is 7.56. The summed E-state index contributed by atoms with van der Waals surface area (Å²) in [7, 11) is 0. The van der Waals surface area contributed by atoms with Crippen LogP contribution in [0.15, 0.2) is 23.1 Å². The largest absolute Gasteiger partial charge is 0.476 e. The first kappa shape index (κ1) is 18.6. The van der Waals surface area contributed by atoms with Crippen molar-refractivity contribution in [2.75, 3.05) is 11.9 Å². The number of fused-ring (bicyclic) bond motifs is 1. The molecule has 0 amide bonds. The molecule has 0 saturated carbocycles. The smallest absolute Gasteiger partial charge is 0.275 e. The third-order valence-electron chi connectivity index (χ3n) is 3.52. The molecule has 0 aliphatic heterocycles. The van der Waals surface area contributed by atoms with Crippen molar-refractivity contribution in [3.05, 3.63) is 45.0 Å². The van der Waals surface area contributed by atoms with Crippen molar-refractivity contribution >= 4 is 33.0 Å². The second-order valence-corrected chi connectivity index (χ2v) is 7.59. The Kier molecular flexibility index (Phi) is 5.73. The predicted octanol–water partition coefficient (Wildman–Crippen LogP) is 3.41. The Hall–Kier alpha value is -2.19. The first-order valence-electron chi connectivity index (χ1n) is 8.37. The zero-order valence-electron chi connectivity index (χ0n) is 14.8. The van der Waals surface area contributed by atoms with Gasteiger partial charge in [0.2, 0.25) is 16.0 Å². The van der Waals surface area contributed by atoms with E-state index in [0.29, 0.717) is 46.5 Å². The van der Waals surface area contributed by atoms with E-state index >= 15 is 0 Å². The van der Waals surface area contributed by atoms with Crippen molar-refractivity contribution in [3.8, 4) is 5.88 Å². The summed E-state index contributed by atoms with van der Waals surface area (Å²) in [4.78, 5) is 21.3. The maximum Gasteiger partial charge on any atom is 0.275 e. The number of ether oxygens (including phenoxy) is 1. The van der Waals surface area contributed by atoms with Gasteiger partial charge in [-0.3, -0.25) is 4.79 Å². The third kappa shape index (κ3) is 4.31. The second kappa shape index (κ2) is 8.01. The molecule has 1 N–H and O–H groups in total. The molecule has 0 saturated heterocycles. The summed E-state index contributed by atoms with van der Waals surface area (Å²) in [6.45, 7) is 7.13. The van der Waals surface area contributed by atoms with Gasteiger partial charge in [-0.1, -0.05) is 43.7 Å². The number of nitrogens with zero attached hydrogens (tertiary/aromatic N) is 4. The van der Waals surface area contributed by atoms with Crippen LogP contribution in [0, 0.1) is 5.92 Å². The predicted molar refractivity (Wildman–Crippen MR) is 103 cm³/mol. The van der Waals surface area contributed by atoms with Gasteiger partial charge >= 0.3 is 0 Å². The molecule has 0 radical (unpaired) electrons. The topological polar surface area (TPSA) is 81.4 Å². The molecule has 3 aromatic heterocycles. The van der Waals surface area contributed by atoms with E-state index in [0.717, 1.165) is 11.3 Å². The van der Waals surface area contributed by atoms with Crippen LogP contribution in [0.5, 0.6) is 5.88 Å². The first-order valence-corrected chi connectivity index (χ1v) is 9.56. The number of hydrogen-bond acceptors (Lipinski definition) is 7. The number of halogens is 1. The zero-order valence-corrected chi connectivity index (χ0v) is 16.4. The molecule has 0 aliphatic rings. The molecule has 0 spiro atoms. The van der Waals surface area contributed by atoms with Crippen LogP contribution in [0.1, 0.15) is 32.0 Å². The molecule has 3 rings (SSSR count). The van der Waals surface area contributed by atoms with Crippen LogP contribution in [0.3, 0.4) is 0 Å². The quantitative estimate of drug-likeness (QED) is 0.662. The average Bonchev–Trinajstić information content (AvgIpc) is 3.02. The van der Waals surface area contributed by atoms with Crippen LogP contribution in [0.2, 0.25) is 5.02 Å². The van der Waals surface area contributed by atoms with Gasteiger partial charge in [0.15, 0.2) is 0 Å². The molecule has 3 aromatic rings. The summed E-state index contributed by atoms with van der Waals surface area (Å²) in [6, 6.07) is 3.32. The van der Waals surface area contributed by atoms with Gasteiger partial charge in [0.25, 0.3) is 5.56 Å². The van der Waals surface area contributed by atoms with E-state index in [-0.39, 0.29) is 5.56 Å². The number of rotatable bonds is 7. The lowest BCUT2D eigenvalue weighted by molar-refractivity contribution is 0.261. The van der Waals surface area contributed by atoms with Crippen molar-refractivity contribution < 1.29 is 4.74 Å². The van der Waals surface area contributed by atoms with Crippen LogP contribution in [0.25, 0.3) is 4.96 Å². The van der Waals surface area contributed by atoms with Crippen molar-refractivity contribution in [3.63, 3.8) is 0 Å². The summed E-state index contributed by atoms with van der Waals surface area (Å²) in [6.07, 6.45) is 2.42. The van der Waals surface area contributed by atoms with E-state index in [1.165, 1.54) is 21.9 Å². The maximum atomic E-state index is 12.0. The number of hydrogen-bond donors (Lipinski definition) is 1. The molecule has 0 bridgehead atoms. The van der Waals surface area contributed by atoms with Gasteiger partial charge < -0.3 is 10.1 Å². The zero-order chi connectivity index (χ0) is 18.7. The highest BCUT2D eigenvalue weighted by atomic mass is 35.5. The Morgan fingerprint density at radius 1 is 1.38 bits per heavy atom. The maximum absolute atomic E-state index is 12.0.